The number of benzene rings is 1. The highest BCUT2D eigenvalue weighted by Gasteiger charge is 2.51. The van der Waals surface area contributed by atoms with Gasteiger partial charge in [0, 0.05) is 6.26 Å². The van der Waals surface area contributed by atoms with Crippen LogP contribution in [0.2, 0.25) is 0 Å². The molecule has 18 heavy (non-hydrogen) atoms. The number of hydrogen-bond donors (Lipinski definition) is 2. The molecule has 1 aliphatic rings. The molecule has 0 saturated heterocycles. The summed E-state index contributed by atoms with van der Waals surface area (Å²) >= 11 is 0. The van der Waals surface area contributed by atoms with Crippen LogP contribution in [0.4, 0.5) is 0 Å². The van der Waals surface area contributed by atoms with E-state index >= 15 is 0 Å². The van der Waals surface area contributed by atoms with Crippen LogP contribution in [0.1, 0.15) is 18.4 Å². The van der Waals surface area contributed by atoms with Crippen molar-refractivity contribution in [3.63, 3.8) is 0 Å². The fourth-order valence-electron chi connectivity index (χ4n) is 2.30. The summed E-state index contributed by atoms with van der Waals surface area (Å²) in [5, 5.41) is 18.6. The average molecular weight is 270 g/mol. The molecule has 1 saturated carbocycles. The van der Waals surface area contributed by atoms with Crippen molar-refractivity contribution in [1.82, 2.24) is 0 Å². The lowest BCUT2D eigenvalue weighted by atomic mass is 9.63. The Balaban J connectivity index is 2.38. The van der Waals surface area contributed by atoms with Gasteiger partial charge < -0.3 is 10.2 Å². The molecule has 1 fully saturated rings. The Morgan fingerprint density at radius 3 is 2.11 bits per heavy atom. The van der Waals surface area contributed by atoms with E-state index in [1.807, 2.05) is 0 Å². The summed E-state index contributed by atoms with van der Waals surface area (Å²) in [5.41, 5.74) is -0.539. The number of carboxylic acid groups (broad SMARTS) is 1. The van der Waals surface area contributed by atoms with Gasteiger partial charge in [0.2, 0.25) is 0 Å². The second-order valence-electron chi connectivity index (χ2n) is 4.75. The Hall–Kier alpha value is -1.40. The molecule has 0 amide bonds. The Bertz CT molecular complexity index is 567. The molecular formula is C12H14O5S. The zero-order valence-electron chi connectivity index (χ0n) is 9.83. The van der Waals surface area contributed by atoms with Gasteiger partial charge in [-0.05, 0) is 30.5 Å². The third-order valence-corrected chi connectivity index (χ3v) is 4.54. The first-order chi connectivity index (χ1) is 8.25. The van der Waals surface area contributed by atoms with Gasteiger partial charge in [-0.3, -0.25) is 4.79 Å². The first-order valence-corrected chi connectivity index (χ1v) is 7.37. The fraction of sp³-hybridized carbons (Fsp3) is 0.417. The molecule has 1 aromatic carbocycles. The molecule has 6 heteroatoms. The molecule has 2 N–H and O–H groups in total. The minimum atomic E-state index is -3.28. The fourth-order valence-corrected chi connectivity index (χ4v) is 2.93. The molecule has 98 valence electrons. The Labute approximate surface area is 105 Å². The lowest BCUT2D eigenvalue weighted by molar-refractivity contribution is -0.152. The highest BCUT2D eigenvalue weighted by Crippen LogP contribution is 2.44. The SMILES string of the molecule is CS(=O)(=O)c1ccc(C2(C(=O)O)CC(O)C2)cc1. The van der Waals surface area contributed by atoms with Crippen molar-refractivity contribution in [2.24, 2.45) is 0 Å². The van der Waals surface area contributed by atoms with Crippen molar-refractivity contribution < 1.29 is 23.4 Å². The maximum atomic E-state index is 11.3. The van der Waals surface area contributed by atoms with Gasteiger partial charge in [0.05, 0.1) is 16.4 Å². The molecule has 0 atom stereocenters. The largest absolute Gasteiger partial charge is 0.481 e. The summed E-state index contributed by atoms with van der Waals surface area (Å²) in [6.07, 6.45) is 0.832. The van der Waals surface area contributed by atoms with Crippen molar-refractivity contribution in [3.05, 3.63) is 29.8 Å². The summed E-state index contributed by atoms with van der Waals surface area (Å²) in [7, 11) is -3.28. The number of carbonyl (C=O) groups is 1. The van der Waals surface area contributed by atoms with Crippen LogP contribution in [-0.4, -0.2) is 37.0 Å². The Morgan fingerprint density at radius 1 is 1.28 bits per heavy atom. The third-order valence-electron chi connectivity index (χ3n) is 3.41. The summed E-state index contributed by atoms with van der Waals surface area (Å²) in [6.45, 7) is 0. The molecule has 0 aliphatic heterocycles. The van der Waals surface area contributed by atoms with Crippen LogP contribution < -0.4 is 0 Å². The number of sulfone groups is 1. The molecule has 0 radical (unpaired) electrons. The maximum absolute atomic E-state index is 11.3. The second kappa shape index (κ2) is 4.07. The third kappa shape index (κ3) is 2.02. The van der Waals surface area contributed by atoms with E-state index in [4.69, 9.17) is 0 Å². The van der Waals surface area contributed by atoms with Crippen LogP contribution >= 0.6 is 0 Å². The monoisotopic (exact) mass is 270 g/mol. The van der Waals surface area contributed by atoms with E-state index in [-0.39, 0.29) is 17.7 Å². The van der Waals surface area contributed by atoms with Gasteiger partial charge in [0.25, 0.3) is 0 Å². The highest BCUT2D eigenvalue weighted by atomic mass is 32.2. The van der Waals surface area contributed by atoms with Crippen molar-refractivity contribution in [2.45, 2.75) is 29.3 Å². The molecular weight excluding hydrogens is 256 g/mol. The van der Waals surface area contributed by atoms with Crippen LogP contribution in [0.5, 0.6) is 0 Å². The van der Waals surface area contributed by atoms with Crippen molar-refractivity contribution in [1.29, 1.82) is 0 Å². The predicted octanol–water partition coefficient (Wildman–Crippen LogP) is 0.567. The van der Waals surface area contributed by atoms with Crippen molar-refractivity contribution in [3.8, 4) is 0 Å². The van der Waals surface area contributed by atoms with E-state index in [0.29, 0.717) is 5.56 Å². The zero-order valence-corrected chi connectivity index (χ0v) is 10.6. The van der Waals surface area contributed by atoms with Crippen LogP contribution in [0.25, 0.3) is 0 Å². The van der Waals surface area contributed by atoms with Gasteiger partial charge in [-0.1, -0.05) is 12.1 Å². The lowest BCUT2D eigenvalue weighted by Gasteiger charge is -2.42. The summed E-state index contributed by atoms with van der Waals surface area (Å²) < 4.78 is 22.6. The topological polar surface area (TPSA) is 91.7 Å². The molecule has 0 unspecified atom stereocenters. The number of aliphatic hydroxyl groups is 1. The van der Waals surface area contributed by atoms with Gasteiger partial charge in [-0.25, -0.2) is 8.42 Å². The summed E-state index contributed by atoms with van der Waals surface area (Å²) in [5.74, 6) is -0.986. The highest BCUT2D eigenvalue weighted by molar-refractivity contribution is 7.90. The van der Waals surface area contributed by atoms with Crippen molar-refractivity contribution >= 4 is 15.8 Å². The van der Waals surface area contributed by atoms with Crippen LogP contribution in [0, 0.1) is 0 Å². The van der Waals surface area contributed by atoms with E-state index in [0.717, 1.165) is 6.26 Å². The van der Waals surface area contributed by atoms with E-state index in [9.17, 15) is 23.4 Å². The number of aliphatic hydroxyl groups excluding tert-OH is 1. The quantitative estimate of drug-likeness (QED) is 0.837. The number of aliphatic carboxylic acids is 1. The van der Waals surface area contributed by atoms with Gasteiger partial charge in [-0.15, -0.1) is 0 Å². The molecule has 0 spiro atoms. The second-order valence-corrected chi connectivity index (χ2v) is 6.76. The van der Waals surface area contributed by atoms with E-state index in [1.54, 1.807) is 0 Å². The van der Waals surface area contributed by atoms with E-state index < -0.39 is 27.3 Å². The molecule has 2 rings (SSSR count). The van der Waals surface area contributed by atoms with Crippen LogP contribution in [0.3, 0.4) is 0 Å². The first kappa shape index (κ1) is 13.0. The van der Waals surface area contributed by atoms with Crippen molar-refractivity contribution in [2.75, 3.05) is 6.26 Å². The molecule has 1 aliphatic carbocycles. The average Bonchev–Trinajstić information content (AvgIpc) is 2.23. The number of rotatable bonds is 3. The standard InChI is InChI=1S/C12H14O5S/c1-18(16,17)10-4-2-8(3-5-10)12(11(14)15)6-9(13)7-12/h2-5,9,13H,6-7H2,1H3,(H,14,15). The van der Waals surface area contributed by atoms with Gasteiger partial charge in [0.1, 0.15) is 0 Å². The van der Waals surface area contributed by atoms with Gasteiger partial charge in [-0.2, -0.15) is 0 Å². The molecule has 0 bridgehead atoms. The van der Waals surface area contributed by atoms with Gasteiger partial charge in [0.15, 0.2) is 9.84 Å². The minimum absolute atomic E-state index is 0.159. The maximum Gasteiger partial charge on any atom is 0.314 e. The molecule has 5 nitrogen and oxygen atoms in total. The van der Waals surface area contributed by atoms with Crippen LogP contribution in [-0.2, 0) is 20.0 Å². The Kier molecular flexibility index (Phi) is 2.95. The first-order valence-electron chi connectivity index (χ1n) is 5.48. The number of carboxylic acids is 1. The molecule has 0 heterocycles. The smallest absolute Gasteiger partial charge is 0.314 e. The minimum Gasteiger partial charge on any atom is -0.481 e. The van der Waals surface area contributed by atoms with Gasteiger partial charge >= 0.3 is 5.97 Å². The van der Waals surface area contributed by atoms with Crippen LogP contribution in [0.15, 0.2) is 29.2 Å². The summed E-state index contributed by atoms with van der Waals surface area (Å²) in [6, 6.07) is 5.83. The van der Waals surface area contributed by atoms with E-state index in [2.05, 4.69) is 0 Å². The molecule has 1 aromatic rings. The zero-order chi connectivity index (χ0) is 13.6. The number of hydrogen-bond acceptors (Lipinski definition) is 4. The predicted molar refractivity (Wildman–Crippen MR) is 64.1 cm³/mol. The molecule has 0 aromatic heterocycles. The van der Waals surface area contributed by atoms with E-state index in [1.165, 1.54) is 24.3 Å². The lowest BCUT2D eigenvalue weighted by Crippen LogP contribution is -2.50. The summed E-state index contributed by atoms with van der Waals surface area (Å²) in [4.78, 5) is 11.5. The normalized spacial score (nSPS) is 27.6. The Morgan fingerprint density at radius 2 is 1.78 bits per heavy atom.